The van der Waals surface area contributed by atoms with Crippen LogP contribution in [0.1, 0.15) is 17.5 Å². The predicted molar refractivity (Wildman–Crippen MR) is 77.9 cm³/mol. The number of anilines is 1. The summed E-state index contributed by atoms with van der Waals surface area (Å²) in [6.45, 7) is 6.34. The molecule has 0 atom stereocenters. The highest BCUT2D eigenvalue weighted by Crippen LogP contribution is 2.32. The van der Waals surface area contributed by atoms with E-state index in [-0.39, 0.29) is 0 Å². The maximum atomic E-state index is 4.65. The second kappa shape index (κ2) is 4.43. The van der Waals surface area contributed by atoms with Crippen LogP contribution in [-0.2, 0) is 6.54 Å². The summed E-state index contributed by atoms with van der Waals surface area (Å²) in [5, 5.41) is 3.40. The minimum absolute atomic E-state index is 0.912. The standard InChI is InChI=1S/C14H16BrN3/c1-9-4-5-11(8-10(9)2)13-17-12(15)14-16-6-3-7-18(13)14/h4-5,8,16H,3,6-7H2,1-2H3. The maximum absolute atomic E-state index is 4.65. The molecule has 0 saturated carbocycles. The predicted octanol–water partition coefficient (Wildman–Crippen LogP) is 3.75. The van der Waals surface area contributed by atoms with Gasteiger partial charge in [0.1, 0.15) is 16.2 Å². The summed E-state index contributed by atoms with van der Waals surface area (Å²) in [4.78, 5) is 4.65. The molecule has 18 heavy (non-hydrogen) atoms. The smallest absolute Gasteiger partial charge is 0.149 e. The molecule has 0 radical (unpaired) electrons. The highest BCUT2D eigenvalue weighted by molar-refractivity contribution is 9.10. The third-order valence-electron chi connectivity index (χ3n) is 3.54. The molecule has 0 amide bonds. The van der Waals surface area contributed by atoms with E-state index in [1.807, 2.05) is 0 Å². The van der Waals surface area contributed by atoms with Crippen molar-refractivity contribution in [2.45, 2.75) is 26.8 Å². The van der Waals surface area contributed by atoms with Crippen molar-refractivity contribution in [3.63, 3.8) is 0 Å². The minimum Gasteiger partial charge on any atom is -0.369 e. The zero-order valence-corrected chi connectivity index (χ0v) is 12.2. The van der Waals surface area contributed by atoms with Gasteiger partial charge in [0, 0.05) is 18.7 Å². The number of nitrogens with one attached hydrogen (secondary N) is 1. The van der Waals surface area contributed by atoms with Crippen molar-refractivity contribution in [2.75, 3.05) is 11.9 Å². The van der Waals surface area contributed by atoms with Gasteiger partial charge in [-0.3, -0.25) is 0 Å². The van der Waals surface area contributed by atoms with Gasteiger partial charge in [0.15, 0.2) is 0 Å². The number of halogens is 1. The monoisotopic (exact) mass is 305 g/mol. The number of imidazole rings is 1. The van der Waals surface area contributed by atoms with Gasteiger partial charge in [0.25, 0.3) is 0 Å². The lowest BCUT2D eigenvalue weighted by Crippen LogP contribution is -2.17. The van der Waals surface area contributed by atoms with E-state index in [2.05, 4.69) is 62.8 Å². The van der Waals surface area contributed by atoms with Crippen LogP contribution in [0.4, 0.5) is 5.82 Å². The highest BCUT2D eigenvalue weighted by atomic mass is 79.9. The first-order chi connectivity index (χ1) is 8.66. The van der Waals surface area contributed by atoms with E-state index >= 15 is 0 Å². The summed E-state index contributed by atoms with van der Waals surface area (Å²) in [6.07, 6.45) is 1.15. The van der Waals surface area contributed by atoms with Crippen molar-refractivity contribution >= 4 is 21.7 Å². The first kappa shape index (κ1) is 11.8. The largest absolute Gasteiger partial charge is 0.369 e. The van der Waals surface area contributed by atoms with Gasteiger partial charge in [-0.1, -0.05) is 12.1 Å². The Hall–Kier alpha value is -1.29. The molecule has 1 aliphatic heterocycles. The van der Waals surface area contributed by atoms with Crippen molar-refractivity contribution in [1.82, 2.24) is 9.55 Å². The van der Waals surface area contributed by atoms with Gasteiger partial charge in [-0.25, -0.2) is 4.98 Å². The number of benzene rings is 1. The molecule has 0 spiro atoms. The first-order valence-electron chi connectivity index (χ1n) is 6.24. The van der Waals surface area contributed by atoms with Crippen LogP contribution in [0.3, 0.4) is 0 Å². The van der Waals surface area contributed by atoms with E-state index in [4.69, 9.17) is 0 Å². The third kappa shape index (κ3) is 1.85. The summed E-state index contributed by atoms with van der Waals surface area (Å²) >= 11 is 3.54. The molecule has 3 rings (SSSR count). The van der Waals surface area contributed by atoms with E-state index in [1.54, 1.807) is 0 Å². The molecule has 1 aromatic carbocycles. The minimum atomic E-state index is 0.912. The van der Waals surface area contributed by atoms with Crippen LogP contribution < -0.4 is 5.32 Å². The fourth-order valence-electron chi connectivity index (χ4n) is 2.35. The number of aromatic nitrogens is 2. The van der Waals surface area contributed by atoms with Crippen LogP contribution >= 0.6 is 15.9 Å². The Bertz CT molecular complexity index is 601. The second-order valence-corrected chi connectivity index (χ2v) is 5.56. The molecule has 4 heteroatoms. The molecule has 0 saturated heterocycles. The molecule has 1 aromatic heterocycles. The first-order valence-corrected chi connectivity index (χ1v) is 7.03. The summed E-state index contributed by atoms with van der Waals surface area (Å²) < 4.78 is 3.17. The van der Waals surface area contributed by atoms with Gasteiger partial charge in [-0.2, -0.15) is 0 Å². The molecule has 0 bridgehead atoms. The second-order valence-electron chi connectivity index (χ2n) is 4.81. The lowest BCUT2D eigenvalue weighted by atomic mass is 10.1. The molecule has 1 N–H and O–H groups in total. The molecule has 2 heterocycles. The number of hydrogen-bond donors (Lipinski definition) is 1. The molecule has 2 aromatic rings. The zero-order chi connectivity index (χ0) is 12.7. The summed E-state index contributed by atoms with van der Waals surface area (Å²) in [6, 6.07) is 6.53. The Morgan fingerprint density at radius 1 is 1.28 bits per heavy atom. The van der Waals surface area contributed by atoms with Crippen molar-refractivity contribution in [2.24, 2.45) is 0 Å². The average molecular weight is 306 g/mol. The number of aryl methyl sites for hydroxylation is 2. The number of fused-ring (bicyclic) bond motifs is 1. The summed E-state index contributed by atoms with van der Waals surface area (Å²) in [7, 11) is 0. The maximum Gasteiger partial charge on any atom is 0.149 e. The van der Waals surface area contributed by atoms with Crippen LogP contribution in [0.5, 0.6) is 0 Å². The molecular weight excluding hydrogens is 290 g/mol. The molecule has 0 aliphatic carbocycles. The fourth-order valence-corrected chi connectivity index (χ4v) is 2.88. The van der Waals surface area contributed by atoms with Crippen molar-refractivity contribution < 1.29 is 0 Å². The van der Waals surface area contributed by atoms with Gasteiger partial charge in [0.2, 0.25) is 0 Å². The van der Waals surface area contributed by atoms with E-state index in [9.17, 15) is 0 Å². The number of rotatable bonds is 1. The molecule has 0 fully saturated rings. The van der Waals surface area contributed by atoms with Crippen molar-refractivity contribution in [3.05, 3.63) is 33.9 Å². The molecular formula is C14H16BrN3. The SMILES string of the molecule is Cc1ccc(-c2nc(Br)c3n2CCCN3)cc1C. The zero-order valence-electron chi connectivity index (χ0n) is 10.6. The fraction of sp³-hybridized carbons (Fsp3) is 0.357. The summed E-state index contributed by atoms with van der Waals surface area (Å²) in [5.41, 5.74) is 3.82. The Morgan fingerprint density at radius 2 is 2.11 bits per heavy atom. The van der Waals surface area contributed by atoms with Crippen molar-refractivity contribution in [3.8, 4) is 11.4 Å². The van der Waals surface area contributed by atoms with Crippen LogP contribution in [0.15, 0.2) is 22.8 Å². The lowest BCUT2D eigenvalue weighted by Gasteiger charge is -2.18. The molecule has 0 unspecified atom stereocenters. The molecule has 3 nitrogen and oxygen atoms in total. The quantitative estimate of drug-likeness (QED) is 0.869. The van der Waals surface area contributed by atoms with E-state index < -0.39 is 0 Å². The van der Waals surface area contributed by atoms with E-state index in [0.29, 0.717) is 0 Å². The van der Waals surface area contributed by atoms with Gasteiger partial charge in [-0.15, -0.1) is 0 Å². The molecule has 94 valence electrons. The van der Waals surface area contributed by atoms with Crippen molar-refractivity contribution in [1.29, 1.82) is 0 Å². The number of nitrogens with zero attached hydrogens (tertiary/aromatic N) is 2. The molecule has 1 aliphatic rings. The Kier molecular flexibility index (Phi) is 2.90. The van der Waals surface area contributed by atoms with Crippen LogP contribution in [-0.4, -0.2) is 16.1 Å². The Balaban J connectivity index is 2.14. The van der Waals surface area contributed by atoms with E-state index in [1.165, 1.54) is 16.7 Å². The van der Waals surface area contributed by atoms with Gasteiger partial charge in [0.05, 0.1) is 0 Å². The Labute approximate surface area is 115 Å². The number of hydrogen-bond acceptors (Lipinski definition) is 2. The topological polar surface area (TPSA) is 29.9 Å². The van der Waals surface area contributed by atoms with Crippen LogP contribution in [0, 0.1) is 13.8 Å². The summed E-state index contributed by atoms with van der Waals surface area (Å²) in [5.74, 6) is 2.15. The third-order valence-corrected chi connectivity index (χ3v) is 4.09. The van der Waals surface area contributed by atoms with E-state index in [0.717, 1.165) is 35.8 Å². The van der Waals surface area contributed by atoms with Gasteiger partial charge < -0.3 is 9.88 Å². The Morgan fingerprint density at radius 3 is 2.89 bits per heavy atom. The normalized spacial score (nSPS) is 14.2. The van der Waals surface area contributed by atoms with Crippen LogP contribution in [0.2, 0.25) is 0 Å². The lowest BCUT2D eigenvalue weighted by molar-refractivity contribution is 0.635. The van der Waals surface area contributed by atoms with Crippen LogP contribution in [0.25, 0.3) is 11.4 Å². The average Bonchev–Trinajstić information content (AvgIpc) is 2.71. The highest BCUT2D eigenvalue weighted by Gasteiger charge is 2.19. The van der Waals surface area contributed by atoms with Gasteiger partial charge in [-0.05, 0) is 53.4 Å². The van der Waals surface area contributed by atoms with Gasteiger partial charge >= 0.3 is 0 Å².